The van der Waals surface area contributed by atoms with Gasteiger partial charge >= 0.3 is 223 Å². The summed E-state index contributed by atoms with van der Waals surface area (Å²) in [5, 5.41) is 10.8. The molecule has 3 N–H and O–H groups in total. The minimum atomic E-state index is -0.499. The van der Waals surface area contributed by atoms with Crippen LogP contribution in [0.2, 0.25) is 0 Å². The summed E-state index contributed by atoms with van der Waals surface area (Å²) in [5.41, 5.74) is 7.81. The van der Waals surface area contributed by atoms with E-state index in [-0.39, 0.29) is 51.3 Å². The molecule has 0 amide bonds. The van der Waals surface area contributed by atoms with E-state index in [0.717, 1.165) is 50.5 Å². The van der Waals surface area contributed by atoms with Gasteiger partial charge in [0.15, 0.2) is 0 Å². The number of Topliss-reactive ketones (excluding diaryl/α,β-unsaturated/α-hetero) is 1. The number of carbonyl (C=O) groups excluding carboxylic acids is 2. The quantitative estimate of drug-likeness (QED) is 0.331. The summed E-state index contributed by atoms with van der Waals surface area (Å²) in [6, 6.07) is 0. The van der Waals surface area contributed by atoms with Gasteiger partial charge < -0.3 is 0 Å². The molecule has 0 aromatic rings. The predicted molar refractivity (Wildman–Crippen MR) is 158 cm³/mol. The first-order valence-corrected chi connectivity index (χ1v) is 18.9. The Labute approximate surface area is 249 Å². The van der Waals surface area contributed by atoms with Crippen molar-refractivity contribution in [3.05, 3.63) is 23.5 Å². The van der Waals surface area contributed by atoms with Crippen molar-refractivity contribution in [3.63, 3.8) is 0 Å². The zero-order chi connectivity index (χ0) is 29.8. The van der Waals surface area contributed by atoms with Crippen LogP contribution in [0.15, 0.2) is 23.5 Å². The van der Waals surface area contributed by atoms with Crippen LogP contribution in [0.3, 0.4) is 0 Å². The van der Waals surface area contributed by atoms with Gasteiger partial charge in [-0.05, 0) is 0 Å². The average molecular weight is 655 g/mol. The van der Waals surface area contributed by atoms with E-state index in [1.54, 1.807) is 0 Å². The molecule has 5 aliphatic rings. The molecule has 5 heteroatoms. The van der Waals surface area contributed by atoms with Gasteiger partial charge in [-0.3, -0.25) is 0 Å². The predicted octanol–water partition coefficient (Wildman–Crippen LogP) is 4.80. The van der Waals surface area contributed by atoms with Crippen LogP contribution < -0.4 is 26.9 Å². The zero-order valence-corrected chi connectivity index (χ0v) is 28.9. The van der Waals surface area contributed by atoms with Crippen molar-refractivity contribution in [1.82, 2.24) is 0 Å². The maximum absolute atomic E-state index is 14.2. The van der Waals surface area contributed by atoms with Crippen LogP contribution in [-0.2, 0) is 9.59 Å². The molecule has 39 heavy (non-hydrogen) atoms. The Morgan fingerprint density at radius 3 is 2.15 bits per heavy atom. The van der Waals surface area contributed by atoms with Crippen LogP contribution in [0.4, 0.5) is 0 Å². The van der Waals surface area contributed by atoms with E-state index >= 15 is 0 Å². The Balaban J connectivity index is 0.00000100. The van der Waals surface area contributed by atoms with Crippen LogP contribution >= 0.6 is 0 Å². The van der Waals surface area contributed by atoms with E-state index in [4.69, 9.17) is 5.73 Å². The Bertz CT molecular complexity index is 1050. The second kappa shape index (κ2) is 10.9. The monoisotopic (exact) mass is 654 g/mol. The number of alkyl halides is 2. The van der Waals surface area contributed by atoms with Crippen molar-refractivity contribution in [1.29, 1.82) is 0 Å². The van der Waals surface area contributed by atoms with E-state index in [2.05, 4.69) is 46.5 Å². The molecule has 3 saturated carbocycles. The number of ketones is 2. The number of rotatable bonds is 2. The van der Waals surface area contributed by atoms with Gasteiger partial charge in [0.25, 0.3) is 0 Å². The van der Waals surface area contributed by atoms with E-state index in [0.29, 0.717) is 0 Å². The van der Waals surface area contributed by atoms with Crippen molar-refractivity contribution in [3.8, 4) is 0 Å². The van der Waals surface area contributed by atoms with E-state index in [1.807, 2.05) is 39.8 Å². The van der Waals surface area contributed by atoms with Crippen LogP contribution in [0.5, 0.6) is 0 Å². The van der Waals surface area contributed by atoms with E-state index in [1.165, 1.54) is 6.42 Å². The Morgan fingerprint density at radius 1 is 0.974 bits per heavy atom. The number of fused-ring (bicyclic) bond motifs is 7. The van der Waals surface area contributed by atoms with Crippen LogP contribution in [0, 0.1) is 39.4 Å². The van der Waals surface area contributed by atoms with Crippen molar-refractivity contribution in [2.75, 3.05) is 4.93 Å². The van der Waals surface area contributed by atoms with Gasteiger partial charge in [0, 0.05) is 0 Å². The molecule has 0 saturated heterocycles. The molecule has 0 aliphatic heterocycles. The van der Waals surface area contributed by atoms with Crippen LogP contribution in [-0.4, -0.2) is 30.6 Å². The molecule has 5 rings (SSSR count). The van der Waals surface area contributed by atoms with Gasteiger partial charge in [-0.25, -0.2) is 0 Å². The van der Waals surface area contributed by atoms with Gasteiger partial charge in [-0.1, -0.05) is 27.7 Å². The SMILES string of the molecule is CC.CC.CCC12CCC3C(C(=O)C=C4C5(C)C=C(O)C(=O)C(C)([I-]C)C5CCC43C)C1(N)CC(C)(C)CC2. The number of aliphatic hydroxyl groups excluding tert-OH is 1. The molecule has 0 aromatic carbocycles. The number of allylic oxidation sites excluding steroid dienone is 4. The summed E-state index contributed by atoms with van der Waals surface area (Å²) in [6.07, 6.45) is 12.1. The zero-order valence-electron chi connectivity index (χ0n) is 26.8. The summed E-state index contributed by atoms with van der Waals surface area (Å²) in [7, 11) is 0. The molecule has 224 valence electrons. The fourth-order valence-corrected chi connectivity index (χ4v) is 12.5. The van der Waals surface area contributed by atoms with Gasteiger partial charge in [0.05, 0.1) is 0 Å². The number of hydrogen-bond acceptors (Lipinski definition) is 4. The molecule has 0 spiro atoms. The average Bonchev–Trinajstić information content (AvgIpc) is 2.90. The molecular formula is C34H57INO3-. The summed E-state index contributed by atoms with van der Waals surface area (Å²) in [5.74, 6) is 0.249. The number of halogens is 1. The molecule has 0 heterocycles. The Hall–Kier alpha value is -0.690. The van der Waals surface area contributed by atoms with Crippen molar-refractivity contribution < 1.29 is 35.9 Å². The molecule has 0 bridgehead atoms. The molecule has 4 nitrogen and oxygen atoms in total. The number of carbonyl (C=O) groups is 2. The van der Waals surface area contributed by atoms with Crippen molar-refractivity contribution >= 4 is 11.6 Å². The van der Waals surface area contributed by atoms with Gasteiger partial charge in [0.1, 0.15) is 0 Å². The summed E-state index contributed by atoms with van der Waals surface area (Å²) < 4.78 is -0.499. The van der Waals surface area contributed by atoms with Crippen molar-refractivity contribution in [2.45, 2.75) is 130 Å². The fourth-order valence-electron chi connectivity index (χ4n) is 10.1. The van der Waals surface area contributed by atoms with E-state index in [9.17, 15) is 14.7 Å². The second-order valence-corrected chi connectivity index (χ2v) is 17.3. The molecular weight excluding hydrogens is 597 g/mol. The molecule has 0 aromatic heterocycles. The number of nitrogens with two attached hydrogens (primary N) is 1. The molecule has 3 fully saturated rings. The molecule has 0 radical (unpaired) electrons. The van der Waals surface area contributed by atoms with Crippen molar-refractivity contribution in [2.24, 2.45) is 45.1 Å². The Kier molecular flexibility index (Phi) is 9.14. The number of hydrogen-bond donors (Lipinski definition) is 2. The first-order chi connectivity index (χ1) is 18.1. The molecule has 5 aliphatic carbocycles. The Morgan fingerprint density at radius 2 is 1.59 bits per heavy atom. The van der Waals surface area contributed by atoms with E-state index < -0.39 is 35.6 Å². The molecule has 8 atom stereocenters. The fraction of sp³-hybridized carbons (Fsp3) is 0.824. The first-order valence-electron chi connectivity index (χ1n) is 15.7. The third-order valence-corrected chi connectivity index (χ3v) is 15.5. The summed E-state index contributed by atoms with van der Waals surface area (Å²) in [6.45, 7) is 21.6. The third kappa shape index (κ3) is 4.44. The summed E-state index contributed by atoms with van der Waals surface area (Å²) in [4.78, 5) is 29.6. The normalized spacial score (nSPS) is 46.0. The van der Waals surface area contributed by atoms with Gasteiger partial charge in [-0.2, -0.15) is 0 Å². The second-order valence-electron chi connectivity index (χ2n) is 14.0. The van der Waals surface area contributed by atoms with Crippen LogP contribution in [0.25, 0.3) is 0 Å². The number of aliphatic hydroxyl groups is 1. The first kappa shape index (κ1) is 32.8. The molecule has 8 unspecified atom stereocenters. The minimum absolute atomic E-state index is 0.0444. The standard InChI is InChI=1S/C30H45INO3.2C2H6/c1-8-29-12-9-18-23(30(29,32)17-25(2,3)13-14-29)19(33)15-22-26(18,4)11-10-21-27(22,5)16-20(34)24(35)28(21,6)31-7;2*1-2/h15-16,18,21,23,34H,8-14,17,32H2,1-7H3;2*1-2H3/q-1;;. The van der Waals surface area contributed by atoms with Gasteiger partial charge in [-0.15, -0.1) is 0 Å². The summed E-state index contributed by atoms with van der Waals surface area (Å²) >= 11 is -0.435. The van der Waals surface area contributed by atoms with Gasteiger partial charge in [0.2, 0.25) is 0 Å². The van der Waals surface area contributed by atoms with Crippen LogP contribution in [0.1, 0.15) is 121 Å². The third-order valence-electron chi connectivity index (χ3n) is 12.1. The maximum atomic E-state index is 14.2. The topological polar surface area (TPSA) is 80.4 Å².